The molecular formula is C18H28N2O. The number of hydrogen-bond acceptors (Lipinski definition) is 2. The molecule has 1 N–H and O–H groups in total. The minimum Gasteiger partial charge on any atom is -0.322 e. The van der Waals surface area contributed by atoms with Crippen LogP contribution in [-0.4, -0.2) is 23.4 Å². The molecule has 1 aromatic carbocycles. The van der Waals surface area contributed by atoms with Crippen LogP contribution in [0.4, 0.5) is 0 Å². The predicted octanol–water partition coefficient (Wildman–Crippen LogP) is 3.82. The van der Waals surface area contributed by atoms with E-state index >= 15 is 0 Å². The highest BCUT2D eigenvalue weighted by Crippen LogP contribution is 2.28. The van der Waals surface area contributed by atoms with Gasteiger partial charge in [0.2, 0.25) is 5.91 Å². The number of nitrogens with one attached hydrogen (secondary N) is 1. The molecule has 1 amide bonds. The maximum Gasteiger partial charge on any atom is 0.241 e. The molecule has 0 radical (unpaired) electrons. The van der Waals surface area contributed by atoms with Crippen LogP contribution in [0, 0.1) is 0 Å². The summed E-state index contributed by atoms with van der Waals surface area (Å²) in [6.45, 7) is 9.48. The molecule has 3 heteroatoms. The van der Waals surface area contributed by atoms with E-state index in [0.29, 0.717) is 5.92 Å². The number of amides is 1. The lowest BCUT2D eigenvalue weighted by atomic mass is 10.0. The number of nitrogens with zero attached hydrogens (tertiary/aromatic N) is 1. The largest absolute Gasteiger partial charge is 0.322 e. The van der Waals surface area contributed by atoms with E-state index in [1.54, 1.807) is 0 Å². The van der Waals surface area contributed by atoms with E-state index in [4.69, 9.17) is 0 Å². The van der Waals surface area contributed by atoms with Crippen molar-refractivity contribution in [1.29, 1.82) is 0 Å². The molecule has 1 aromatic rings. The van der Waals surface area contributed by atoms with Gasteiger partial charge in [0, 0.05) is 6.54 Å². The molecule has 0 aliphatic carbocycles. The Morgan fingerprint density at radius 2 is 1.86 bits per heavy atom. The number of benzene rings is 1. The maximum atomic E-state index is 12.5. The minimum absolute atomic E-state index is 0.0309. The van der Waals surface area contributed by atoms with Crippen molar-refractivity contribution in [2.45, 2.75) is 65.1 Å². The molecule has 2 atom stereocenters. The summed E-state index contributed by atoms with van der Waals surface area (Å²) in [5.74, 6) is 0.792. The smallest absolute Gasteiger partial charge is 0.241 e. The van der Waals surface area contributed by atoms with Crippen molar-refractivity contribution >= 4 is 5.91 Å². The van der Waals surface area contributed by atoms with Gasteiger partial charge in [0.15, 0.2) is 0 Å². The number of unbranched alkanes of at least 4 members (excludes halogenated alkanes) is 1. The molecule has 2 unspecified atom stereocenters. The molecule has 1 heterocycles. The van der Waals surface area contributed by atoms with Gasteiger partial charge in [-0.15, -0.1) is 0 Å². The fourth-order valence-electron chi connectivity index (χ4n) is 2.88. The van der Waals surface area contributed by atoms with Crippen LogP contribution < -0.4 is 5.32 Å². The van der Waals surface area contributed by atoms with E-state index in [9.17, 15) is 4.79 Å². The van der Waals surface area contributed by atoms with Crippen molar-refractivity contribution in [2.75, 3.05) is 6.54 Å². The van der Waals surface area contributed by atoms with Gasteiger partial charge in [-0.1, -0.05) is 58.4 Å². The molecule has 21 heavy (non-hydrogen) atoms. The average Bonchev–Trinajstić information content (AvgIpc) is 2.81. The topological polar surface area (TPSA) is 32.3 Å². The molecule has 1 aliphatic heterocycles. The van der Waals surface area contributed by atoms with Gasteiger partial charge in [-0.2, -0.15) is 0 Å². The van der Waals surface area contributed by atoms with Gasteiger partial charge >= 0.3 is 0 Å². The van der Waals surface area contributed by atoms with E-state index in [1.165, 1.54) is 11.1 Å². The SMILES string of the molecule is CCCCN1C(=O)C(CC)NC1c1ccc(C(C)C)cc1. The quantitative estimate of drug-likeness (QED) is 0.863. The Kier molecular flexibility index (Phi) is 5.40. The summed E-state index contributed by atoms with van der Waals surface area (Å²) >= 11 is 0. The molecule has 3 nitrogen and oxygen atoms in total. The van der Waals surface area contributed by atoms with Crippen LogP contribution in [0.1, 0.15) is 70.2 Å². The Morgan fingerprint density at radius 3 is 2.38 bits per heavy atom. The van der Waals surface area contributed by atoms with Gasteiger partial charge in [0.25, 0.3) is 0 Å². The number of hydrogen-bond donors (Lipinski definition) is 1. The van der Waals surface area contributed by atoms with Crippen molar-refractivity contribution in [3.63, 3.8) is 0 Å². The van der Waals surface area contributed by atoms with Crippen LogP contribution in [-0.2, 0) is 4.79 Å². The molecule has 116 valence electrons. The number of carbonyl (C=O) groups excluding carboxylic acids is 1. The Bertz CT molecular complexity index is 467. The van der Waals surface area contributed by atoms with E-state index in [-0.39, 0.29) is 18.1 Å². The van der Waals surface area contributed by atoms with E-state index in [2.05, 4.69) is 57.3 Å². The Balaban J connectivity index is 2.20. The average molecular weight is 288 g/mol. The van der Waals surface area contributed by atoms with Crippen molar-refractivity contribution < 1.29 is 4.79 Å². The Hall–Kier alpha value is -1.35. The Labute approximate surface area is 128 Å². The van der Waals surface area contributed by atoms with Crippen molar-refractivity contribution in [3.8, 4) is 0 Å². The lowest BCUT2D eigenvalue weighted by molar-refractivity contribution is -0.130. The molecular weight excluding hydrogens is 260 g/mol. The fourth-order valence-corrected chi connectivity index (χ4v) is 2.88. The molecule has 0 spiro atoms. The maximum absolute atomic E-state index is 12.5. The van der Waals surface area contributed by atoms with Crippen LogP contribution in [0.5, 0.6) is 0 Å². The summed E-state index contributed by atoms with van der Waals surface area (Å²) in [5, 5.41) is 3.49. The summed E-state index contributed by atoms with van der Waals surface area (Å²) in [6, 6.07) is 8.66. The van der Waals surface area contributed by atoms with Gasteiger partial charge in [-0.3, -0.25) is 10.1 Å². The third-order valence-corrected chi connectivity index (χ3v) is 4.33. The summed E-state index contributed by atoms with van der Waals surface area (Å²) in [6.07, 6.45) is 3.06. The van der Waals surface area contributed by atoms with E-state index in [0.717, 1.165) is 25.8 Å². The standard InChI is InChI=1S/C18H28N2O/c1-5-7-12-20-17(19-16(6-2)18(20)21)15-10-8-14(9-11-15)13(3)4/h8-11,13,16-17,19H,5-7,12H2,1-4H3. The number of carbonyl (C=O) groups is 1. The first kappa shape index (κ1) is 16.0. The normalized spacial score (nSPS) is 22.3. The molecule has 2 rings (SSSR count). The van der Waals surface area contributed by atoms with Gasteiger partial charge < -0.3 is 4.90 Å². The van der Waals surface area contributed by atoms with E-state index < -0.39 is 0 Å². The second kappa shape index (κ2) is 7.08. The predicted molar refractivity (Wildman–Crippen MR) is 87.1 cm³/mol. The minimum atomic E-state index is -0.0309. The van der Waals surface area contributed by atoms with Crippen LogP contribution in [0.15, 0.2) is 24.3 Å². The van der Waals surface area contributed by atoms with Crippen LogP contribution in [0.3, 0.4) is 0 Å². The molecule has 1 saturated heterocycles. The van der Waals surface area contributed by atoms with Gasteiger partial charge in [0.05, 0.1) is 6.04 Å². The zero-order chi connectivity index (χ0) is 15.4. The zero-order valence-corrected chi connectivity index (χ0v) is 13.7. The molecule has 1 aliphatic rings. The van der Waals surface area contributed by atoms with Crippen molar-refractivity contribution in [3.05, 3.63) is 35.4 Å². The van der Waals surface area contributed by atoms with E-state index in [1.807, 2.05) is 4.90 Å². The van der Waals surface area contributed by atoms with Gasteiger partial charge in [-0.25, -0.2) is 0 Å². The lowest BCUT2D eigenvalue weighted by Gasteiger charge is -2.24. The zero-order valence-electron chi connectivity index (χ0n) is 13.7. The highest BCUT2D eigenvalue weighted by molar-refractivity contribution is 5.84. The van der Waals surface area contributed by atoms with Crippen LogP contribution >= 0.6 is 0 Å². The van der Waals surface area contributed by atoms with Crippen LogP contribution in [0.25, 0.3) is 0 Å². The summed E-state index contributed by atoms with van der Waals surface area (Å²) in [4.78, 5) is 14.5. The highest BCUT2D eigenvalue weighted by atomic mass is 16.2. The lowest BCUT2D eigenvalue weighted by Crippen LogP contribution is -2.31. The first-order valence-corrected chi connectivity index (χ1v) is 8.24. The third-order valence-electron chi connectivity index (χ3n) is 4.33. The van der Waals surface area contributed by atoms with Crippen LogP contribution in [0.2, 0.25) is 0 Å². The fraction of sp³-hybridized carbons (Fsp3) is 0.611. The molecule has 0 aromatic heterocycles. The first-order valence-electron chi connectivity index (χ1n) is 8.24. The molecule has 1 fully saturated rings. The first-order chi connectivity index (χ1) is 10.1. The Morgan fingerprint density at radius 1 is 1.19 bits per heavy atom. The van der Waals surface area contributed by atoms with Gasteiger partial charge in [-0.05, 0) is 29.9 Å². The molecule has 0 bridgehead atoms. The third kappa shape index (κ3) is 3.46. The van der Waals surface area contributed by atoms with Crippen molar-refractivity contribution in [2.24, 2.45) is 0 Å². The van der Waals surface area contributed by atoms with Gasteiger partial charge in [0.1, 0.15) is 6.17 Å². The second-order valence-corrected chi connectivity index (χ2v) is 6.24. The second-order valence-electron chi connectivity index (χ2n) is 6.24. The number of rotatable bonds is 6. The monoisotopic (exact) mass is 288 g/mol. The highest BCUT2D eigenvalue weighted by Gasteiger charge is 2.37. The van der Waals surface area contributed by atoms with Crippen molar-refractivity contribution in [1.82, 2.24) is 10.2 Å². The summed E-state index contributed by atoms with van der Waals surface area (Å²) in [5.41, 5.74) is 2.54. The molecule has 0 saturated carbocycles. The summed E-state index contributed by atoms with van der Waals surface area (Å²) < 4.78 is 0. The summed E-state index contributed by atoms with van der Waals surface area (Å²) in [7, 11) is 0.